The van der Waals surface area contributed by atoms with Gasteiger partial charge in [-0.3, -0.25) is 4.98 Å². The van der Waals surface area contributed by atoms with Crippen LogP contribution in [0.4, 0.5) is 0 Å². The molecule has 1 unspecified atom stereocenters. The molecule has 1 atom stereocenters. The third-order valence-electron chi connectivity index (χ3n) is 9.26. The van der Waals surface area contributed by atoms with Crippen LogP contribution in [0.3, 0.4) is 0 Å². The first kappa shape index (κ1) is 28.0. The van der Waals surface area contributed by atoms with Gasteiger partial charge in [0.05, 0.1) is 22.6 Å². The molecule has 2 aliphatic rings. The fourth-order valence-corrected chi connectivity index (χ4v) is 7.14. The van der Waals surface area contributed by atoms with Crippen LogP contribution in [0.15, 0.2) is 152 Å². The number of nitrogens with one attached hydrogen (secondary N) is 2. The molecule has 48 heavy (non-hydrogen) atoms. The highest BCUT2D eigenvalue weighted by Gasteiger charge is 2.28. The van der Waals surface area contributed by atoms with Gasteiger partial charge in [0, 0.05) is 51.3 Å². The summed E-state index contributed by atoms with van der Waals surface area (Å²) in [6.07, 6.45) is 4.96. The van der Waals surface area contributed by atoms with E-state index in [2.05, 4.69) is 174 Å². The minimum Gasteiger partial charge on any atom is -0.355 e. The average Bonchev–Trinajstić information content (AvgIpc) is 3.94. The van der Waals surface area contributed by atoms with Gasteiger partial charge in [-0.05, 0) is 64.7 Å². The molecule has 2 aliphatic heterocycles. The summed E-state index contributed by atoms with van der Waals surface area (Å²) in [5.74, 6) is 0.0720. The Morgan fingerprint density at radius 1 is 0.479 bits per heavy atom. The van der Waals surface area contributed by atoms with Gasteiger partial charge in [0.1, 0.15) is 0 Å². The van der Waals surface area contributed by atoms with Gasteiger partial charge >= 0.3 is 0 Å². The largest absolute Gasteiger partial charge is 0.355 e. The molecule has 0 radical (unpaired) electrons. The molecular weight excluding hydrogens is 585 g/mol. The van der Waals surface area contributed by atoms with Crippen molar-refractivity contribution < 1.29 is 0 Å². The van der Waals surface area contributed by atoms with Gasteiger partial charge < -0.3 is 9.97 Å². The van der Waals surface area contributed by atoms with E-state index in [9.17, 15) is 0 Å². The van der Waals surface area contributed by atoms with Crippen LogP contribution in [0.25, 0.3) is 67.6 Å². The van der Waals surface area contributed by atoms with E-state index in [0.29, 0.717) is 0 Å². The number of aromatic amines is 2. The number of hydrogen-bond acceptors (Lipinski definition) is 2. The quantitative estimate of drug-likeness (QED) is 0.207. The van der Waals surface area contributed by atoms with E-state index in [0.717, 1.165) is 84.6 Å². The molecule has 9 rings (SSSR count). The SMILES string of the molecule is C1=Cc2cc3[nH]c(c(-c4ccccc4)c4nc(cc5ccc(cc1n2)[nH]5)CC4c1ccccc1)c(-c1ccccc1)c3-c1ccccc1. The molecule has 3 aromatic heterocycles. The molecule has 0 saturated carbocycles. The summed E-state index contributed by atoms with van der Waals surface area (Å²) in [7, 11) is 0. The van der Waals surface area contributed by atoms with Gasteiger partial charge in [-0.1, -0.05) is 121 Å². The fraction of sp³-hybridized carbons (Fsp3) is 0.0455. The molecular formula is C44H32N4. The summed E-state index contributed by atoms with van der Waals surface area (Å²) in [6, 6.07) is 53.7. The minimum atomic E-state index is 0.0720. The standard InChI is InChI=1S/C44H32N4/c1-5-13-29(14-6-1)38-27-37-26-35-22-21-33(45-35)25-34-23-24-36(46-34)28-39-40(30-15-7-2-8-16-30)41(31-17-9-3-10-18-31)44(48-39)42(43(38)47-37)32-19-11-4-12-20-32/h1-26,28,38,45,48H,27H2. The second kappa shape index (κ2) is 11.8. The summed E-state index contributed by atoms with van der Waals surface area (Å²) < 4.78 is 0. The third-order valence-corrected chi connectivity index (χ3v) is 9.26. The van der Waals surface area contributed by atoms with Crippen molar-refractivity contribution in [2.45, 2.75) is 12.3 Å². The summed E-state index contributed by atoms with van der Waals surface area (Å²) in [5.41, 5.74) is 16.0. The molecule has 5 heterocycles. The maximum atomic E-state index is 5.52. The maximum absolute atomic E-state index is 5.52. The number of benzene rings is 4. The molecule has 7 aromatic rings. The van der Waals surface area contributed by atoms with Gasteiger partial charge in [-0.25, -0.2) is 4.98 Å². The second-order valence-corrected chi connectivity index (χ2v) is 12.4. The van der Waals surface area contributed by atoms with Crippen molar-refractivity contribution in [3.05, 3.63) is 180 Å². The first-order valence-electron chi connectivity index (χ1n) is 16.4. The lowest BCUT2D eigenvalue weighted by atomic mass is 9.87. The zero-order chi connectivity index (χ0) is 31.9. The monoisotopic (exact) mass is 616 g/mol. The Kier molecular flexibility index (Phi) is 6.90. The summed E-state index contributed by atoms with van der Waals surface area (Å²) in [4.78, 5) is 18.1. The first-order chi connectivity index (χ1) is 23.8. The van der Waals surface area contributed by atoms with Crippen LogP contribution in [0.1, 0.15) is 34.3 Å². The van der Waals surface area contributed by atoms with Crippen molar-refractivity contribution in [3.63, 3.8) is 0 Å². The smallest absolute Gasteiger partial charge is 0.0658 e. The lowest BCUT2D eigenvalue weighted by Crippen LogP contribution is -2.01. The number of rotatable bonds is 4. The Balaban J connectivity index is 1.52. The van der Waals surface area contributed by atoms with Gasteiger partial charge in [-0.15, -0.1) is 0 Å². The number of aromatic nitrogens is 4. The summed E-state index contributed by atoms with van der Waals surface area (Å²) in [6.45, 7) is 0. The van der Waals surface area contributed by atoms with Crippen LogP contribution in [0, 0.1) is 0 Å². The second-order valence-electron chi connectivity index (χ2n) is 12.4. The predicted octanol–water partition coefficient (Wildman–Crippen LogP) is 10.9. The van der Waals surface area contributed by atoms with Crippen LogP contribution in [-0.2, 0) is 6.42 Å². The Morgan fingerprint density at radius 3 is 1.67 bits per heavy atom. The maximum Gasteiger partial charge on any atom is 0.0658 e. The van der Waals surface area contributed by atoms with Crippen LogP contribution in [0.2, 0.25) is 0 Å². The van der Waals surface area contributed by atoms with Crippen molar-refractivity contribution >= 4 is 34.2 Å². The molecule has 0 aliphatic carbocycles. The minimum absolute atomic E-state index is 0.0720. The molecule has 4 aromatic carbocycles. The van der Waals surface area contributed by atoms with Crippen molar-refractivity contribution in [2.75, 3.05) is 0 Å². The van der Waals surface area contributed by atoms with E-state index in [1.165, 1.54) is 5.56 Å². The Labute approximate surface area is 279 Å². The number of fused-ring (bicyclic) bond motifs is 8. The molecule has 0 saturated heterocycles. The fourth-order valence-electron chi connectivity index (χ4n) is 7.14. The molecule has 4 heteroatoms. The average molecular weight is 617 g/mol. The van der Waals surface area contributed by atoms with Crippen molar-refractivity contribution in [2.24, 2.45) is 0 Å². The van der Waals surface area contributed by atoms with E-state index >= 15 is 0 Å². The predicted molar refractivity (Wildman–Crippen MR) is 198 cm³/mol. The van der Waals surface area contributed by atoms with Crippen molar-refractivity contribution in [1.29, 1.82) is 0 Å². The molecule has 4 nitrogen and oxygen atoms in total. The third kappa shape index (κ3) is 5.14. The van der Waals surface area contributed by atoms with E-state index in [1.807, 2.05) is 0 Å². The molecule has 0 fully saturated rings. The van der Waals surface area contributed by atoms with Crippen LogP contribution in [-0.4, -0.2) is 19.9 Å². The Hall–Kier alpha value is -6.26. The lowest BCUT2D eigenvalue weighted by molar-refractivity contribution is 0.848. The molecule has 2 N–H and O–H groups in total. The molecule has 0 amide bonds. The highest BCUT2D eigenvalue weighted by atomic mass is 14.8. The zero-order valence-electron chi connectivity index (χ0n) is 26.3. The Morgan fingerprint density at radius 2 is 1.02 bits per heavy atom. The lowest BCUT2D eigenvalue weighted by Gasteiger charge is -2.15. The number of H-pyrrole nitrogens is 2. The van der Waals surface area contributed by atoms with Crippen LogP contribution >= 0.6 is 0 Å². The summed E-state index contributed by atoms with van der Waals surface area (Å²) in [5, 5.41) is 0. The van der Waals surface area contributed by atoms with E-state index in [-0.39, 0.29) is 5.92 Å². The number of nitrogens with zero attached hydrogens (tertiary/aromatic N) is 2. The zero-order valence-corrected chi connectivity index (χ0v) is 26.3. The van der Waals surface area contributed by atoms with E-state index in [4.69, 9.17) is 9.97 Å². The summed E-state index contributed by atoms with van der Waals surface area (Å²) >= 11 is 0. The first-order valence-corrected chi connectivity index (χ1v) is 16.4. The van der Waals surface area contributed by atoms with E-state index in [1.54, 1.807) is 0 Å². The highest BCUT2D eigenvalue weighted by molar-refractivity contribution is 6.08. The Bertz CT molecular complexity index is 2460. The molecule has 8 bridgehead atoms. The van der Waals surface area contributed by atoms with Crippen molar-refractivity contribution in [1.82, 2.24) is 19.9 Å². The van der Waals surface area contributed by atoms with Gasteiger partial charge in [0.15, 0.2) is 0 Å². The topological polar surface area (TPSA) is 57.4 Å². The molecule has 228 valence electrons. The van der Waals surface area contributed by atoms with Gasteiger partial charge in [-0.2, -0.15) is 0 Å². The van der Waals surface area contributed by atoms with Gasteiger partial charge in [0.2, 0.25) is 0 Å². The highest BCUT2D eigenvalue weighted by Crippen LogP contribution is 2.46. The van der Waals surface area contributed by atoms with E-state index < -0.39 is 0 Å². The van der Waals surface area contributed by atoms with Crippen LogP contribution < -0.4 is 0 Å². The number of hydrogen-bond donors (Lipinski definition) is 2. The van der Waals surface area contributed by atoms with Gasteiger partial charge in [0.25, 0.3) is 0 Å². The molecule has 0 spiro atoms. The van der Waals surface area contributed by atoms with Crippen LogP contribution in [0.5, 0.6) is 0 Å². The normalized spacial score (nSPS) is 13.9. The van der Waals surface area contributed by atoms with Crippen molar-refractivity contribution in [3.8, 4) is 33.4 Å².